The molecule has 0 bridgehead atoms. The Labute approximate surface area is 214 Å². The average Bonchev–Trinajstić information content (AvgIpc) is 3.41. The second kappa shape index (κ2) is 12.2. The molecule has 4 aromatic rings. The standard InChI is InChI=1S/C30H25FN2O4/c1-22-20-27(13-14-29(22)37-21-30(34)35)36-19-15-28(25-9-11-26(31)12-10-25)24-7-5-23(6-8-24)4-2-17-33-18-3-16-32-33/h3,5-16,18,20H,17,19,21H2,1H3,(H,34,35)/b28-15+. The Kier molecular flexibility index (Phi) is 8.35. The van der Waals surface area contributed by atoms with Gasteiger partial charge in [-0.1, -0.05) is 36.1 Å². The van der Waals surface area contributed by atoms with Crippen LogP contribution in [-0.2, 0) is 11.3 Å². The summed E-state index contributed by atoms with van der Waals surface area (Å²) < 4.78 is 26.5. The van der Waals surface area contributed by atoms with E-state index in [1.165, 1.54) is 12.1 Å². The number of aromatic nitrogens is 2. The molecular formula is C30H25FN2O4. The number of hydrogen-bond acceptors (Lipinski definition) is 4. The molecule has 0 saturated heterocycles. The van der Waals surface area contributed by atoms with Crippen molar-refractivity contribution in [2.24, 2.45) is 0 Å². The number of carboxylic acids is 1. The fourth-order valence-corrected chi connectivity index (χ4v) is 3.62. The van der Waals surface area contributed by atoms with E-state index in [1.54, 1.807) is 41.2 Å². The van der Waals surface area contributed by atoms with Gasteiger partial charge in [0.05, 0.1) is 0 Å². The number of nitrogens with zero attached hydrogens (tertiary/aromatic N) is 2. The zero-order valence-electron chi connectivity index (χ0n) is 20.2. The minimum absolute atomic E-state index is 0.271. The van der Waals surface area contributed by atoms with Crippen LogP contribution in [0.25, 0.3) is 5.57 Å². The highest BCUT2D eigenvalue weighted by Gasteiger charge is 2.08. The summed E-state index contributed by atoms with van der Waals surface area (Å²) in [6.45, 7) is 2.20. The Morgan fingerprint density at radius 1 is 1.05 bits per heavy atom. The summed E-state index contributed by atoms with van der Waals surface area (Å²) in [6, 6.07) is 21.2. The van der Waals surface area contributed by atoms with Crippen LogP contribution < -0.4 is 9.47 Å². The van der Waals surface area contributed by atoms with E-state index in [-0.39, 0.29) is 12.4 Å². The Hall–Kier alpha value is -4.83. The van der Waals surface area contributed by atoms with Crippen molar-refractivity contribution in [3.63, 3.8) is 0 Å². The summed E-state index contributed by atoms with van der Waals surface area (Å²) in [6.07, 6.45) is 5.52. The van der Waals surface area contributed by atoms with Gasteiger partial charge >= 0.3 is 5.97 Å². The third-order valence-corrected chi connectivity index (χ3v) is 5.42. The van der Waals surface area contributed by atoms with Crippen molar-refractivity contribution >= 4 is 11.5 Å². The van der Waals surface area contributed by atoms with Gasteiger partial charge in [-0.2, -0.15) is 5.10 Å². The van der Waals surface area contributed by atoms with E-state index in [0.717, 1.165) is 27.8 Å². The normalized spacial score (nSPS) is 10.9. The summed E-state index contributed by atoms with van der Waals surface area (Å²) in [5.41, 5.74) is 4.35. The molecule has 0 radical (unpaired) electrons. The maximum atomic E-state index is 13.6. The van der Waals surface area contributed by atoms with Crippen LogP contribution in [0.4, 0.5) is 4.39 Å². The highest BCUT2D eigenvalue weighted by Crippen LogP contribution is 2.26. The first-order valence-corrected chi connectivity index (χ1v) is 11.6. The summed E-state index contributed by atoms with van der Waals surface area (Å²) in [5, 5.41) is 12.9. The third kappa shape index (κ3) is 7.33. The van der Waals surface area contributed by atoms with Gasteiger partial charge in [0.15, 0.2) is 6.61 Å². The Bertz CT molecular complexity index is 1430. The lowest BCUT2D eigenvalue weighted by Gasteiger charge is -2.12. The quantitative estimate of drug-likeness (QED) is 0.316. The van der Waals surface area contributed by atoms with Crippen molar-refractivity contribution in [3.8, 4) is 23.3 Å². The van der Waals surface area contributed by atoms with Gasteiger partial charge < -0.3 is 14.6 Å². The third-order valence-electron chi connectivity index (χ3n) is 5.42. The lowest BCUT2D eigenvalue weighted by molar-refractivity contribution is -0.139. The van der Waals surface area contributed by atoms with Gasteiger partial charge in [-0.25, -0.2) is 9.18 Å². The maximum absolute atomic E-state index is 13.6. The lowest BCUT2D eigenvalue weighted by atomic mass is 9.96. The van der Waals surface area contributed by atoms with Crippen LogP contribution in [0.15, 0.2) is 91.3 Å². The number of aryl methyl sites for hydroxylation is 1. The first-order chi connectivity index (χ1) is 18.0. The van der Waals surface area contributed by atoms with Gasteiger partial charge in [-0.15, -0.1) is 0 Å². The van der Waals surface area contributed by atoms with Crippen molar-refractivity contribution in [1.29, 1.82) is 0 Å². The van der Waals surface area contributed by atoms with Crippen molar-refractivity contribution in [3.05, 3.63) is 119 Å². The van der Waals surface area contributed by atoms with Crippen molar-refractivity contribution < 1.29 is 23.8 Å². The van der Waals surface area contributed by atoms with Crippen LogP contribution in [0.2, 0.25) is 0 Å². The largest absolute Gasteiger partial charge is 0.489 e. The van der Waals surface area contributed by atoms with E-state index in [1.807, 2.05) is 49.5 Å². The fraction of sp³-hybridized carbons (Fsp3) is 0.133. The molecule has 3 aromatic carbocycles. The van der Waals surface area contributed by atoms with Crippen LogP contribution in [0, 0.1) is 24.6 Å². The Morgan fingerprint density at radius 3 is 2.43 bits per heavy atom. The van der Waals surface area contributed by atoms with Gasteiger partial charge in [0.25, 0.3) is 0 Å². The molecule has 0 unspecified atom stereocenters. The number of benzene rings is 3. The van der Waals surface area contributed by atoms with Crippen molar-refractivity contribution in [1.82, 2.24) is 9.78 Å². The molecule has 0 atom stereocenters. The topological polar surface area (TPSA) is 73.6 Å². The molecule has 0 aliphatic carbocycles. The number of carboxylic acid groups (broad SMARTS) is 1. The van der Waals surface area contributed by atoms with Crippen LogP contribution in [0.3, 0.4) is 0 Å². The minimum atomic E-state index is -1.03. The van der Waals surface area contributed by atoms with Gasteiger partial charge in [0.2, 0.25) is 0 Å². The molecule has 186 valence electrons. The molecule has 0 amide bonds. The molecule has 0 aliphatic rings. The fourth-order valence-electron chi connectivity index (χ4n) is 3.62. The monoisotopic (exact) mass is 496 g/mol. The number of carbonyl (C=O) groups is 1. The van der Waals surface area contributed by atoms with E-state index in [0.29, 0.717) is 18.0 Å². The molecule has 1 heterocycles. The molecule has 1 aromatic heterocycles. The second-order valence-corrected chi connectivity index (χ2v) is 8.13. The van der Waals surface area contributed by atoms with E-state index in [2.05, 4.69) is 16.9 Å². The van der Waals surface area contributed by atoms with E-state index in [4.69, 9.17) is 14.6 Å². The van der Waals surface area contributed by atoms with E-state index >= 15 is 0 Å². The van der Waals surface area contributed by atoms with Crippen LogP contribution in [0.1, 0.15) is 22.3 Å². The zero-order chi connectivity index (χ0) is 26.0. The molecule has 37 heavy (non-hydrogen) atoms. The van der Waals surface area contributed by atoms with Crippen LogP contribution in [-0.4, -0.2) is 34.1 Å². The van der Waals surface area contributed by atoms with Crippen molar-refractivity contribution in [2.45, 2.75) is 13.5 Å². The van der Waals surface area contributed by atoms with Crippen molar-refractivity contribution in [2.75, 3.05) is 13.2 Å². The molecular weight excluding hydrogens is 471 g/mol. The van der Waals surface area contributed by atoms with E-state index in [9.17, 15) is 9.18 Å². The lowest BCUT2D eigenvalue weighted by Crippen LogP contribution is -2.10. The molecule has 7 heteroatoms. The number of halogens is 1. The van der Waals surface area contributed by atoms with E-state index < -0.39 is 12.6 Å². The second-order valence-electron chi connectivity index (χ2n) is 8.13. The Morgan fingerprint density at radius 2 is 1.78 bits per heavy atom. The molecule has 6 nitrogen and oxygen atoms in total. The van der Waals surface area contributed by atoms with Gasteiger partial charge in [0, 0.05) is 18.0 Å². The molecule has 1 N–H and O–H groups in total. The predicted molar refractivity (Wildman–Crippen MR) is 139 cm³/mol. The first-order valence-electron chi connectivity index (χ1n) is 11.6. The van der Waals surface area contributed by atoms with Gasteiger partial charge in [-0.05, 0) is 83.8 Å². The molecule has 0 spiro atoms. The number of aliphatic carboxylic acids is 1. The van der Waals surface area contributed by atoms with Gasteiger partial charge in [-0.3, -0.25) is 4.68 Å². The smallest absolute Gasteiger partial charge is 0.341 e. The highest BCUT2D eigenvalue weighted by atomic mass is 19.1. The first kappa shape index (κ1) is 25.3. The van der Waals surface area contributed by atoms with Gasteiger partial charge in [0.1, 0.15) is 30.5 Å². The minimum Gasteiger partial charge on any atom is -0.489 e. The molecule has 0 saturated carbocycles. The highest BCUT2D eigenvalue weighted by molar-refractivity contribution is 5.80. The molecule has 4 rings (SSSR count). The molecule has 0 fully saturated rings. The van der Waals surface area contributed by atoms with Crippen LogP contribution >= 0.6 is 0 Å². The summed E-state index contributed by atoms with van der Waals surface area (Å²) in [4.78, 5) is 10.7. The number of rotatable bonds is 9. The summed E-state index contributed by atoms with van der Waals surface area (Å²) >= 11 is 0. The molecule has 0 aliphatic heterocycles. The SMILES string of the molecule is Cc1cc(OC/C=C(/c2ccc(F)cc2)c2ccc(C#CCn3cccn3)cc2)ccc1OCC(=O)O. The average molecular weight is 497 g/mol. The summed E-state index contributed by atoms with van der Waals surface area (Å²) in [7, 11) is 0. The maximum Gasteiger partial charge on any atom is 0.341 e. The number of hydrogen-bond donors (Lipinski definition) is 1. The zero-order valence-corrected chi connectivity index (χ0v) is 20.2. The predicted octanol–water partition coefficient (Wildman–Crippen LogP) is 5.36. The Balaban J connectivity index is 1.49. The van der Waals surface area contributed by atoms with Crippen LogP contribution in [0.5, 0.6) is 11.5 Å². The summed E-state index contributed by atoms with van der Waals surface area (Å²) in [5.74, 6) is 6.02. The number of ether oxygens (including phenoxy) is 2.